The summed E-state index contributed by atoms with van der Waals surface area (Å²) in [5.74, 6) is -1.98. The highest BCUT2D eigenvalue weighted by molar-refractivity contribution is 6.00. The number of alkyl halides is 3. The highest BCUT2D eigenvalue weighted by Gasteiger charge is 2.35. The monoisotopic (exact) mass is 443 g/mol. The molecule has 1 aliphatic heterocycles. The fourth-order valence-electron chi connectivity index (χ4n) is 3.43. The van der Waals surface area contributed by atoms with Gasteiger partial charge in [0.05, 0.1) is 5.56 Å². The summed E-state index contributed by atoms with van der Waals surface area (Å²) < 4.78 is 69.1. The zero-order valence-corrected chi connectivity index (χ0v) is 16.3. The van der Waals surface area contributed by atoms with Crippen LogP contribution in [0.5, 0.6) is 5.75 Å². The molecule has 1 heterocycles. The number of rotatable bonds is 4. The Kier molecular flexibility index (Phi) is 5.53. The molecule has 1 unspecified atom stereocenters. The molecule has 9 heteroatoms. The lowest BCUT2D eigenvalue weighted by atomic mass is 10.0. The molecule has 0 saturated heterocycles. The van der Waals surface area contributed by atoms with E-state index in [1.165, 1.54) is 30.3 Å². The van der Waals surface area contributed by atoms with E-state index in [0.29, 0.717) is 5.56 Å². The smallest absolute Gasteiger partial charge is 0.406 e. The van der Waals surface area contributed by atoms with Crippen molar-refractivity contribution in [3.63, 3.8) is 0 Å². The van der Waals surface area contributed by atoms with Crippen molar-refractivity contribution in [1.82, 2.24) is 5.01 Å². The van der Waals surface area contributed by atoms with Crippen molar-refractivity contribution in [3.05, 3.63) is 101 Å². The van der Waals surface area contributed by atoms with Gasteiger partial charge in [0.15, 0.2) is 0 Å². The summed E-state index contributed by atoms with van der Waals surface area (Å²) in [4.78, 5) is 7.71. The molecule has 0 N–H and O–H groups in total. The Morgan fingerprint density at radius 1 is 0.906 bits per heavy atom. The highest BCUT2D eigenvalue weighted by atomic mass is 19.4. The summed E-state index contributed by atoms with van der Waals surface area (Å²) >= 11 is 0. The van der Waals surface area contributed by atoms with E-state index in [1.807, 2.05) is 0 Å². The van der Waals surface area contributed by atoms with Crippen molar-refractivity contribution < 1.29 is 26.7 Å². The molecule has 4 rings (SSSR count). The lowest BCUT2D eigenvalue weighted by Crippen LogP contribution is -2.23. The van der Waals surface area contributed by atoms with Gasteiger partial charge in [-0.3, -0.25) is 4.99 Å². The molecule has 162 valence electrons. The molecule has 3 aromatic rings. The first-order valence-electron chi connectivity index (χ1n) is 9.38. The number of benzene rings is 3. The van der Waals surface area contributed by atoms with E-state index in [0.717, 1.165) is 28.3 Å². The molecule has 1 atom stereocenters. The van der Waals surface area contributed by atoms with Gasteiger partial charge in [-0.05, 0) is 41.0 Å². The SMILES string of the molecule is [C-]#[N+]N1CC(c2ccc(-c3ccc(OC(F)(F)F)cc3)cc2)N=C1c1c(F)cccc1F. The van der Waals surface area contributed by atoms with E-state index in [-0.39, 0.29) is 23.7 Å². The Labute approximate surface area is 180 Å². The van der Waals surface area contributed by atoms with Crippen molar-refractivity contribution in [2.75, 3.05) is 6.54 Å². The third-order valence-electron chi connectivity index (χ3n) is 4.89. The Morgan fingerprint density at radius 3 is 2.00 bits per heavy atom. The van der Waals surface area contributed by atoms with E-state index >= 15 is 0 Å². The molecule has 0 amide bonds. The largest absolute Gasteiger partial charge is 0.573 e. The van der Waals surface area contributed by atoms with Gasteiger partial charge in [-0.1, -0.05) is 47.5 Å². The fraction of sp³-hybridized carbons (Fsp3) is 0.130. The van der Waals surface area contributed by atoms with Crippen LogP contribution in [0.3, 0.4) is 0 Å². The standard InChI is InChI=1S/C23H14F5N3O/c1-29-31-13-20(30-22(31)21-18(24)3-2-4-19(21)25)16-7-5-14(6-8-16)15-9-11-17(12-10-15)32-23(26,27)28/h2-12,20H,13H2. The zero-order chi connectivity index (χ0) is 22.9. The third kappa shape index (κ3) is 4.39. The molecule has 0 radical (unpaired) electrons. The second-order valence-electron chi connectivity index (χ2n) is 6.94. The van der Waals surface area contributed by atoms with Crippen molar-refractivity contribution in [3.8, 4) is 16.9 Å². The molecular formula is C23H14F5N3O. The normalized spacial score (nSPS) is 15.9. The van der Waals surface area contributed by atoms with Crippen LogP contribution in [0, 0.1) is 18.2 Å². The maximum atomic E-state index is 14.2. The van der Waals surface area contributed by atoms with Gasteiger partial charge in [0.1, 0.15) is 30.0 Å². The molecule has 3 aromatic carbocycles. The van der Waals surface area contributed by atoms with Gasteiger partial charge >= 0.3 is 6.36 Å². The van der Waals surface area contributed by atoms with E-state index in [1.54, 1.807) is 24.3 Å². The average molecular weight is 443 g/mol. The van der Waals surface area contributed by atoms with Gasteiger partial charge in [0.25, 0.3) is 0 Å². The van der Waals surface area contributed by atoms with E-state index in [2.05, 4.69) is 14.7 Å². The van der Waals surface area contributed by atoms with E-state index in [9.17, 15) is 22.0 Å². The van der Waals surface area contributed by atoms with Crippen LogP contribution in [-0.2, 0) is 0 Å². The minimum Gasteiger partial charge on any atom is -0.406 e. The molecule has 4 nitrogen and oxygen atoms in total. The maximum absolute atomic E-state index is 14.2. The van der Waals surface area contributed by atoms with Gasteiger partial charge in [-0.2, -0.15) is 11.5 Å². The first kappa shape index (κ1) is 21.3. The summed E-state index contributed by atoms with van der Waals surface area (Å²) in [6, 6.07) is 15.4. The van der Waals surface area contributed by atoms with Crippen LogP contribution in [0.2, 0.25) is 0 Å². The number of ether oxygens (including phenoxy) is 1. The highest BCUT2D eigenvalue weighted by Crippen LogP contribution is 2.32. The van der Waals surface area contributed by atoms with Crippen LogP contribution < -0.4 is 4.74 Å². The lowest BCUT2D eigenvalue weighted by Gasteiger charge is -2.10. The molecular weight excluding hydrogens is 429 g/mol. The van der Waals surface area contributed by atoms with Gasteiger partial charge in [-0.15, -0.1) is 13.2 Å². The van der Waals surface area contributed by atoms with Crippen LogP contribution in [0.1, 0.15) is 17.2 Å². The Balaban J connectivity index is 1.57. The fourth-order valence-corrected chi connectivity index (χ4v) is 3.43. The Hall–Kier alpha value is -3.93. The van der Waals surface area contributed by atoms with E-state index < -0.39 is 24.0 Å². The second-order valence-corrected chi connectivity index (χ2v) is 6.94. The number of hydrogen-bond acceptors (Lipinski definition) is 3. The molecule has 0 aliphatic carbocycles. The van der Waals surface area contributed by atoms with Crippen molar-refractivity contribution in [2.24, 2.45) is 4.99 Å². The summed E-state index contributed by atoms with van der Waals surface area (Å²) in [7, 11) is 0. The second kappa shape index (κ2) is 8.30. The van der Waals surface area contributed by atoms with Crippen molar-refractivity contribution in [1.29, 1.82) is 0 Å². The topological polar surface area (TPSA) is 29.2 Å². The Morgan fingerprint density at radius 2 is 1.47 bits per heavy atom. The molecule has 0 aromatic heterocycles. The summed E-state index contributed by atoms with van der Waals surface area (Å²) in [6.45, 7) is 7.47. The summed E-state index contributed by atoms with van der Waals surface area (Å²) in [6.07, 6.45) is -4.76. The van der Waals surface area contributed by atoms with Gasteiger partial charge < -0.3 is 4.74 Å². The average Bonchev–Trinajstić information content (AvgIpc) is 3.17. The minimum atomic E-state index is -4.76. The van der Waals surface area contributed by atoms with E-state index in [4.69, 9.17) is 6.57 Å². The lowest BCUT2D eigenvalue weighted by molar-refractivity contribution is -0.274. The number of halogens is 5. The number of aliphatic imine (C=N–C) groups is 1. The first-order valence-corrected chi connectivity index (χ1v) is 9.38. The zero-order valence-electron chi connectivity index (χ0n) is 16.3. The Bertz CT molecular complexity index is 1180. The maximum Gasteiger partial charge on any atom is 0.573 e. The first-order chi connectivity index (χ1) is 15.2. The predicted molar refractivity (Wildman–Crippen MR) is 108 cm³/mol. The minimum absolute atomic E-state index is 0.0649. The molecule has 0 saturated carbocycles. The molecule has 1 aliphatic rings. The quantitative estimate of drug-likeness (QED) is 0.357. The van der Waals surface area contributed by atoms with Crippen LogP contribution in [-0.4, -0.2) is 23.8 Å². The van der Waals surface area contributed by atoms with Crippen LogP contribution >= 0.6 is 0 Å². The third-order valence-corrected chi connectivity index (χ3v) is 4.89. The molecule has 0 spiro atoms. The predicted octanol–water partition coefficient (Wildman–Crippen LogP) is 6.17. The summed E-state index contributed by atoms with van der Waals surface area (Å²) in [5, 5.41) is 1.12. The van der Waals surface area contributed by atoms with Gasteiger partial charge in [0, 0.05) is 0 Å². The van der Waals surface area contributed by atoms with Gasteiger partial charge in [-0.25, -0.2) is 8.78 Å². The van der Waals surface area contributed by atoms with Crippen molar-refractivity contribution in [2.45, 2.75) is 12.4 Å². The van der Waals surface area contributed by atoms with Gasteiger partial charge in [0.2, 0.25) is 5.84 Å². The molecule has 32 heavy (non-hydrogen) atoms. The van der Waals surface area contributed by atoms with Crippen LogP contribution in [0.4, 0.5) is 22.0 Å². The number of nitrogens with zero attached hydrogens (tertiary/aromatic N) is 3. The number of amidine groups is 1. The summed E-state index contributed by atoms with van der Waals surface area (Å²) in [5.41, 5.74) is 1.81. The molecule has 0 fully saturated rings. The van der Waals surface area contributed by atoms with Crippen LogP contribution in [0.15, 0.2) is 71.7 Å². The van der Waals surface area contributed by atoms with Crippen LogP contribution in [0.25, 0.3) is 16.1 Å². The van der Waals surface area contributed by atoms with Crippen molar-refractivity contribution >= 4 is 5.84 Å². The number of hydrogen-bond donors (Lipinski definition) is 0. The molecule has 0 bridgehead atoms.